The van der Waals surface area contributed by atoms with E-state index in [0.29, 0.717) is 16.7 Å². The predicted octanol–water partition coefficient (Wildman–Crippen LogP) is 2.70. The van der Waals surface area contributed by atoms with E-state index in [0.717, 1.165) is 38.0 Å². The zero-order valence-electron chi connectivity index (χ0n) is 11.1. The molecule has 0 spiro atoms. The first-order chi connectivity index (χ1) is 9.54. The highest BCUT2D eigenvalue weighted by Gasteiger charge is 2.22. The second-order valence-electron chi connectivity index (χ2n) is 4.98. The molecule has 1 amide bonds. The molecule has 0 bridgehead atoms. The molecule has 0 atom stereocenters. The van der Waals surface area contributed by atoms with E-state index < -0.39 is 5.76 Å². The Hall–Kier alpha value is -1.14. The van der Waals surface area contributed by atoms with Gasteiger partial charge in [0, 0.05) is 17.4 Å². The molecule has 1 aromatic rings. The molecular formula is C14H18F2N2OS. The van der Waals surface area contributed by atoms with Crippen molar-refractivity contribution < 1.29 is 13.6 Å². The summed E-state index contributed by atoms with van der Waals surface area (Å²) >= 11 is 0.558. The lowest BCUT2D eigenvalue weighted by atomic mass is 9.96. The number of hydrogen-bond donors (Lipinski definition) is 1. The Balaban J connectivity index is 1.83. The standard InChI is InChI=1S/C14H18F2N2OS/c15-14(16)20-12-3-1-10(2-4-12)9-18-7-5-11(6-8-18)13(17)19/h1-4,11,14H,5-9H2,(H2,17,19). The molecule has 2 rings (SSSR count). The number of carbonyl (C=O) groups is 1. The molecule has 2 N–H and O–H groups in total. The van der Waals surface area contributed by atoms with Gasteiger partial charge in [0.05, 0.1) is 0 Å². The third kappa shape index (κ3) is 4.45. The maximum absolute atomic E-state index is 12.2. The van der Waals surface area contributed by atoms with E-state index in [2.05, 4.69) is 4.90 Å². The Morgan fingerprint density at radius 3 is 2.40 bits per heavy atom. The number of benzene rings is 1. The Morgan fingerprint density at radius 1 is 1.30 bits per heavy atom. The number of carbonyl (C=O) groups excluding carboxylic acids is 1. The molecule has 1 aromatic carbocycles. The summed E-state index contributed by atoms with van der Waals surface area (Å²) in [4.78, 5) is 13.9. The van der Waals surface area contributed by atoms with Gasteiger partial charge in [0.2, 0.25) is 5.91 Å². The second-order valence-corrected chi connectivity index (χ2v) is 6.04. The Morgan fingerprint density at radius 2 is 1.90 bits per heavy atom. The molecule has 1 aliphatic heterocycles. The van der Waals surface area contributed by atoms with Crippen LogP contribution in [0.3, 0.4) is 0 Å². The molecule has 0 aromatic heterocycles. The Labute approximate surface area is 121 Å². The maximum Gasteiger partial charge on any atom is 0.288 e. The van der Waals surface area contributed by atoms with Crippen LogP contribution in [0.5, 0.6) is 0 Å². The van der Waals surface area contributed by atoms with Gasteiger partial charge in [-0.3, -0.25) is 9.69 Å². The fraction of sp³-hybridized carbons (Fsp3) is 0.500. The van der Waals surface area contributed by atoms with Gasteiger partial charge >= 0.3 is 0 Å². The fourth-order valence-electron chi connectivity index (χ4n) is 2.41. The first kappa shape index (κ1) is 15.3. The van der Waals surface area contributed by atoms with Gasteiger partial charge in [-0.25, -0.2) is 0 Å². The molecule has 1 fully saturated rings. The minimum Gasteiger partial charge on any atom is -0.369 e. The third-order valence-electron chi connectivity index (χ3n) is 3.54. The van der Waals surface area contributed by atoms with E-state index in [-0.39, 0.29) is 11.8 Å². The highest BCUT2D eigenvalue weighted by molar-refractivity contribution is 7.99. The molecule has 1 saturated heterocycles. The van der Waals surface area contributed by atoms with E-state index in [4.69, 9.17) is 5.73 Å². The molecule has 1 aliphatic rings. The normalized spacial score (nSPS) is 17.6. The molecule has 0 radical (unpaired) electrons. The molecule has 1 heterocycles. The number of amides is 1. The topological polar surface area (TPSA) is 46.3 Å². The van der Waals surface area contributed by atoms with Gasteiger partial charge in [0.15, 0.2) is 0 Å². The summed E-state index contributed by atoms with van der Waals surface area (Å²) in [5.41, 5.74) is 6.40. The van der Waals surface area contributed by atoms with Crippen molar-refractivity contribution in [1.82, 2.24) is 4.90 Å². The molecule has 3 nitrogen and oxygen atoms in total. The van der Waals surface area contributed by atoms with Crippen molar-refractivity contribution in [3.63, 3.8) is 0 Å². The smallest absolute Gasteiger partial charge is 0.288 e. The van der Waals surface area contributed by atoms with Crippen LogP contribution in [-0.2, 0) is 11.3 Å². The quantitative estimate of drug-likeness (QED) is 0.851. The first-order valence-electron chi connectivity index (χ1n) is 6.60. The lowest BCUT2D eigenvalue weighted by Crippen LogP contribution is -2.38. The van der Waals surface area contributed by atoms with Crippen LogP contribution in [0.4, 0.5) is 8.78 Å². The highest BCUT2D eigenvalue weighted by Crippen LogP contribution is 2.26. The second kappa shape index (κ2) is 7.04. The van der Waals surface area contributed by atoms with E-state index in [1.165, 1.54) is 0 Å². The minimum absolute atomic E-state index is 0.00364. The molecule has 0 saturated carbocycles. The zero-order valence-corrected chi connectivity index (χ0v) is 11.9. The van der Waals surface area contributed by atoms with Crippen LogP contribution in [0.2, 0.25) is 0 Å². The number of piperidine rings is 1. The summed E-state index contributed by atoms with van der Waals surface area (Å²) in [6, 6.07) is 7.21. The van der Waals surface area contributed by atoms with Gasteiger partial charge in [-0.2, -0.15) is 8.78 Å². The van der Waals surface area contributed by atoms with Gasteiger partial charge in [-0.05, 0) is 43.6 Å². The summed E-state index contributed by atoms with van der Waals surface area (Å²) in [5, 5.41) is 0. The molecule has 0 aliphatic carbocycles. The Kier molecular flexibility index (Phi) is 5.37. The number of rotatable bonds is 5. The highest BCUT2D eigenvalue weighted by atomic mass is 32.2. The molecule has 110 valence electrons. The van der Waals surface area contributed by atoms with Gasteiger partial charge in [-0.1, -0.05) is 23.9 Å². The van der Waals surface area contributed by atoms with Gasteiger partial charge in [-0.15, -0.1) is 0 Å². The van der Waals surface area contributed by atoms with E-state index >= 15 is 0 Å². The molecule has 6 heteroatoms. The van der Waals surface area contributed by atoms with E-state index in [9.17, 15) is 13.6 Å². The average Bonchev–Trinajstić information content (AvgIpc) is 2.41. The van der Waals surface area contributed by atoms with Crippen molar-refractivity contribution in [2.24, 2.45) is 11.7 Å². The van der Waals surface area contributed by atoms with Crippen molar-refractivity contribution in [3.05, 3.63) is 29.8 Å². The Bertz CT molecular complexity index is 445. The minimum atomic E-state index is -2.38. The zero-order chi connectivity index (χ0) is 14.5. The molecular weight excluding hydrogens is 282 g/mol. The number of likely N-dealkylation sites (tertiary alicyclic amines) is 1. The SMILES string of the molecule is NC(=O)C1CCN(Cc2ccc(SC(F)F)cc2)CC1. The van der Waals surface area contributed by atoms with Crippen LogP contribution in [0.1, 0.15) is 18.4 Å². The van der Waals surface area contributed by atoms with Crippen molar-refractivity contribution in [2.75, 3.05) is 13.1 Å². The van der Waals surface area contributed by atoms with Crippen LogP contribution in [0, 0.1) is 5.92 Å². The number of alkyl halides is 2. The van der Waals surface area contributed by atoms with Crippen LogP contribution in [0.25, 0.3) is 0 Å². The maximum atomic E-state index is 12.2. The van der Waals surface area contributed by atoms with Gasteiger partial charge in [0.25, 0.3) is 5.76 Å². The predicted molar refractivity (Wildman–Crippen MR) is 75.5 cm³/mol. The number of nitrogens with two attached hydrogens (primary N) is 1. The summed E-state index contributed by atoms with van der Waals surface area (Å²) in [5.74, 6) is -2.59. The number of thioether (sulfide) groups is 1. The van der Waals surface area contributed by atoms with Crippen LogP contribution in [-0.4, -0.2) is 29.7 Å². The van der Waals surface area contributed by atoms with E-state index in [1.807, 2.05) is 12.1 Å². The van der Waals surface area contributed by atoms with Gasteiger partial charge < -0.3 is 5.73 Å². The average molecular weight is 300 g/mol. The fourth-order valence-corrected chi connectivity index (χ4v) is 2.91. The van der Waals surface area contributed by atoms with Crippen LogP contribution >= 0.6 is 11.8 Å². The number of nitrogens with zero attached hydrogens (tertiary/aromatic N) is 1. The lowest BCUT2D eigenvalue weighted by Gasteiger charge is -2.30. The third-order valence-corrected chi connectivity index (χ3v) is 4.27. The largest absolute Gasteiger partial charge is 0.369 e. The summed E-state index contributed by atoms with van der Waals surface area (Å²) in [6.07, 6.45) is 1.60. The summed E-state index contributed by atoms with van der Waals surface area (Å²) in [7, 11) is 0. The lowest BCUT2D eigenvalue weighted by molar-refractivity contribution is -0.123. The van der Waals surface area contributed by atoms with Crippen molar-refractivity contribution in [3.8, 4) is 0 Å². The van der Waals surface area contributed by atoms with Crippen molar-refractivity contribution >= 4 is 17.7 Å². The monoisotopic (exact) mass is 300 g/mol. The summed E-state index contributed by atoms with van der Waals surface area (Å²) in [6.45, 7) is 2.48. The van der Waals surface area contributed by atoms with Crippen LogP contribution < -0.4 is 5.73 Å². The van der Waals surface area contributed by atoms with Crippen LogP contribution in [0.15, 0.2) is 29.2 Å². The molecule has 0 unspecified atom stereocenters. The summed E-state index contributed by atoms with van der Waals surface area (Å²) < 4.78 is 24.4. The van der Waals surface area contributed by atoms with Crippen molar-refractivity contribution in [1.29, 1.82) is 0 Å². The number of primary amides is 1. The van der Waals surface area contributed by atoms with E-state index in [1.54, 1.807) is 12.1 Å². The number of hydrogen-bond acceptors (Lipinski definition) is 3. The molecule has 20 heavy (non-hydrogen) atoms. The van der Waals surface area contributed by atoms with Gasteiger partial charge in [0.1, 0.15) is 0 Å². The first-order valence-corrected chi connectivity index (χ1v) is 7.48. The number of halogens is 2. The van der Waals surface area contributed by atoms with Crippen molar-refractivity contribution in [2.45, 2.75) is 30.0 Å².